The van der Waals surface area contributed by atoms with Crippen LogP contribution < -0.4 is 11.1 Å². The molecule has 0 aliphatic carbocycles. The van der Waals surface area contributed by atoms with Gasteiger partial charge in [-0.15, -0.1) is 11.8 Å². The number of nitrogens with one attached hydrogen (secondary N) is 1. The van der Waals surface area contributed by atoms with Gasteiger partial charge in [0.1, 0.15) is 0 Å². The number of halogens is 1. The number of nitrogen functional groups attached to an aromatic ring is 1. The molecule has 104 valence electrons. The molecule has 3 N–H and O–H groups in total. The van der Waals surface area contributed by atoms with E-state index < -0.39 is 0 Å². The van der Waals surface area contributed by atoms with E-state index in [1.54, 1.807) is 30.0 Å². The first-order valence-corrected chi connectivity index (χ1v) is 7.54. The van der Waals surface area contributed by atoms with Crippen molar-refractivity contribution in [1.82, 2.24) is 5.32 Å². The topological polar surface area (TPSA) is 55.1 Å². The van der Waals surface area contributed by atoms with E-state index in [4.69, 9.17) is 17.3 Å². The number of hydrogen-bond donors (Lipinski definition) is 2. The van der Waals surface area contributed by atoms with Crippen molar-refractivity contribution in [3.63, 3.8) is 0 Å². The molecule has 0 heterocycles. The van der Waals surface area contributed by atoms with Crippen LogP contribution >= 0.6 is 23.4 Å². The first kappa shape index (κ1) is 14.8. The summed E-state index contributed by atoms with van der Waals surface area (Å²) in [6.45, 7) is 0.573. The third-order valence-electron chi connectivity index (χ3n) is 2.63. The van der Waals surface area contributed by atoms with Crippen LogP contribution in [0.1, 0.15) is 10.4 Å². The quantitative estimate of drug-likeness (QED) is 0.505. The fourth-order valence-corrected chi connectivity index (χ4v) is 2.66. The number of anilines is 1. The smallest absolute Gasteiger partial charge is 0.252 e. The molecule has 1 amide bonds. The number of benzene rings is 2. The van der Waals surface area contributed by atoms with Crippen LogP contribution in [-0.2, 0) is 0 Å². The Bertz CT molecular complexity index is 590. The molecule has 0 aliphatic rings. The Hall–Kier alpha value is -1.65. The monoisotopic (exact) mass is 306 g/mol. The van der Waals surface area contributed by atoms with Gasteiger partial charge in [-0.05, 0) is 30.3 Å². The molecule has 0 spiro atoms. The number of hydrogen-bond acceptors (Lipinski definition) is 3. The number of rotatable bonds is 5. The molecule has 0 atom stereocenters. The summed E-state index contributed by atoms with van der Waals surface area (Å²) in [6, 6.07) is 14.9. The first-order chi connectivity index (χ1) is 9.66. The van der Waals surface area contributed by atoms with Gasteiger partial charge in [0, 0.05) is 22.9 Å². The van der Waals surface area contributed by atoms with E-state index in [2.05, 4.69) is 5.32 Å². The molecule has 3 nitrogen and oxygen atoms in total. The Morgan fingerprint density at radius 1 is 1.20 bits per heavy atom. The summed E-state index contributed by atoms with van der Waals surface area (Å²) < 4.78 is 0. The van der Waals surface area contributed by atoms with Crippen LogP contribution in [0.5, 0.6) is 0 Å². The van der Waals surface area contributed by atoms with Crippen molar-refractivity contribution in [3.05, 3.63) is 59.1 Å². The van der Waals surface area contributed by atoms with Gasteiger partial charge in [0.2, 0.25) is 0 Å². The van der Waals surface area contributed by atoms with Crippen LogP contribution in [0.15, 0.2) is 53.4 Å². The van der Waals surface area contributed by atoms with E-state index in [-0.39, 0.29) is 5.91 Å². The van der Waals surface area contributed by atoms with E-state index in [9.17, 15) is 4.79 Å². The molecule has 0 saturated carbocycles. The molecule has 2 aromatic rings. The van der Waals surface area contributed by atoms with Crippen molar-refractivity contribution in [2.45, 2.75) is 4.90 Å². The molecule has 0 unspecified atom stereocenters. The van der Waals surface area contributed by atoms with Crippen LogP contribution in [0.3, 0.4) is 0 Å². The van der Waals surface area contributed by atoms with Gasteiger partial charge in [0.05, 0.1) is 10.6 Å². The predicted molar refractivity (Wildman–Crippen MR) is 85.4 cm³/mol. The van der Waals surface area contributed by atoms with Crippen LogP contribution in [0.25, 0.3) is 0 Å². The Kier molecular flexibility index (Phi) is 5.32. The molecule has 0 saturated heterocycles. The van der Waals surface area contributed by atoms with Crippen molar-refractivity contribution in [1.29, 1.82) is 0 Å². The maximum Gasteiger partial charge on any atom is 0.252 e. The Morgan fingerprint density at radius 2 is 1.95 bits per heavy atom. The predicted octanol–water partition coefficient (Wildman–Crippen LogP) is 3.44. The van der Waals surface area contributed by atoms with Crippen molar-refractivity contribution in [3.8, 4) is 0 Å². The number of carbonyl (C=O) groups is 1. The summed E-state index contributed by atoms with van der Waals surface area (Å²) in [4.78, 5) is 13.2. The second-order valence-electron chi connectivity index (χ2n) is 4.16. The van der Waals surface area contributed by atoms with Crippen LogP contribution in [-0.4, -0.2) is 18.2 Å². The zero-order chi connectivity index (χ0) is 14.4. The summed E-state index contributed by atoms with van der Waals surface area (Å²) in [6.07, 6.45) is 0. The van der Waals surface area contributed by atoms with Crippen LogP contribution in [0.2, 0.25) is 5.02 Å². The summed E-state index contributed by atoms with van der Waals surface area (Å²) in [5.74, 6) is 0.603. The van der Waals surface area contributed by atoms with Crippen LogP contribution in [0.4, 0.5) is 5.69 Å². The number of nitrogens with two attached hydrogens (primary N) is 1. The summed E-state index contributed by atoms with van der Waals surface area (Å²) >= 11 is 7.67. The zero-order valence-electron chi connectivity index (χ0n) is 10.8. The standard InChI is InChI=1S/C15H15ClN2OS/c16-14-7-6-11(17)10-13(14)15(19)18-8-9-20-12-4-2-1-3-5-12/h1-7,10H,8-9,17H2,(H,18,19). The van der Waals surface area contributed by atoms with Crippen molar-refractivity contribution in [2.75, 3.05) is 18.0 Å². The molecule has 2 aromatic carbocycles. The molecule has 0 fully saturated rings. The Labute approximate surface area is 127 Å². The van der Waals surface area contributed by atoms with E-state index >= 15 is 0 Å². The van der Waals surface area contributed by atoms with Crippen LogP contribution in [0, 0.1) is 0 Å². The molecule has 2 rings (SSSR count). The molecule has 0 aromatic heterocycles. The maximum absolute atomic E-state index is 12.0. The largest absolute Gasteiger partial charge is 0.399 e. The van der Waals surface area contributed by atoms with Gasteiger partial charge in [-0.25, -0.2) is 0 Å². The highest BCUT2D eigenvalue weighted by molar-refractivity contribution is 7.99. The molecule has 0 bridgehead atoms. The molecular weight excluding hydrogens is 292 g/mol. The number of thioether (sulfide) groups is 1. The summed E-state index contributed by atoms with van der Waals surface area (Å²) in [7, 11) is 0. The van der Waals surface area contributed by atoms with Gasteiger partial charge < -0.3 is 11.1 Å². The molecular formula is C15H15ClN2OS. The Balaban J connectivity index is 1.82. The Morgan fingerprint density at radius 3 is 2.70 bits per heavy atom. The van der Waals surface area contributed by atoms with Gasteiger partial charge >= 0.3 is 0 Å². The van der Waals surface area contributed by atoms with E-state index in [0.29, 0.717) is 22.8 Å². The second-order valence-corrected chi connectivity index (χ2v) is 5.73. The molecule has 5 heteroatoms. The van der Waals surface area contributed by atoms with E-state index in [1.165, 1.54) is 4.90 Å². The first-order valence-electron chi connectivity index (χ1n) is 6.18. The van der Waals surface area contributed by atoms with Gasteiger partial charge in [0.15, 0.2) is 0 Å². The maximum atomic E-state index is 12.0. The highest BCUT2D eigenvalue weighted by Crippen LogP contribution is 2.19. The molecule has 0 radical (unpaired) electrons. The average Bonchev–Trinajstić information content (AvgIpc) is 2.47. The number of carbonyl (C=O) groups excluding carboxylic acids is 1. The lowest BCUT2D eigenvalue weighted by molar-refractivity contribution is 0.0956. The van der Waals surface area contributed by atoms with Gasteiger partial charge in [-0.2, -0.15) is 0 Å². The highest BCUT2D eigenvalue weighted by atomic mass is 35.5. The minimum atomic E-state index is -0.198. The van der Waals surface area contributed by atoms with Gasteiger partial charge in [-0.1, -0.05) is 29.8 Å². The lowest BCUT2D eigenvalue weighted by Gasteiger charge is -2.07. The average molecular weight is 307 g/mol. The van der Waals surface area contributed by atoms with Gasteiger partial charge in [0.25, 0.3) is 5.91 Å². The summed E-state index contributed by atoms with van der Waals surface area (Å²) in [5.41, 5.74) is 6.59. The molecule has 0 aliphatic heterocycles. The fraction of sp³-hybridized carbons (Fsp3) is 0.133. The normalized spacial score (nSPS) is 10.2. The lowest BCUT2D eigenvalue weighted by Crippen LogP contribution is -2.26. The van der Waals surface area contributed by atoms with Crippen molar-refractivity contribution in [2.24, 2.45) is 0 Å². The summed E-state index contributed by atoms with van der Waals surface area (Å²) in [5, 5.41) is 3.25. The third-order valence-corrected chi connectivity index (χ3v) is 3.98. The minimum Gasteiger partial charge on any atom is -0.399 e. The molecule has 20 heavy (non-hydrogen) atoms. The van der Waals surface area contributed by atoms with E-state index in [0.717, 1.165) is 5.75 Å². The number of amides is 1. The van der Waals surface area contributed by atoms with E-state index in [1.807, 2.05) is 30.3 Å². The van der Waals surface area contributed by atoms with Crippen molar-refractivity contribution < 1.29 is 4.79 Å². The van der Waals surface area contributed by atoms with Gasteiger partial charge in [-0.3, -0.25) is 4.79 Å². The minimum absolute atomic E-state index is 0.198. The van der Waals surface area contributed by atoms with Crippen molar-refractivity contribution >= 4 is 35.0 Å². The second kappa shape index (κ2) is 7.22. The highest BCUT2D eigenvalue weighted by Gasteiger charge is 2.09. The fourth-order valence-electron chi connectivity index (χ4n) is 1.66. The third kappa shape index (κ3) is 4.18. The zero-order valence-corrected chi connectivity index (χ0v) is 12.4. The SMILES string of the molecule is Nc1ccc(Cl)c(C(=O)NCCSc2ccccc2)c1. The lowest BCUT2D eigenvalue weighted by atomic mass is 10.2.